The summed E-state index contributed by atoms with van der Waals surface area (Å²) in [5.74, 6) is -2.78. The third kappa shape index (κ3) is 3.79. The van der Waals surface area contributed by atoms with Gasteiger partial charge >= 0.3 is 5.97 Å². The van der Waals surface area contributed by atoms with Crippen LogP contribution in [0.1, 0.15) is 29.5 Å². The van der Waals surface area contributed by atoms with E-state index in [0.29, 0.717) is 16.3 Å². The molecule has 0 amide bonds. The van der Waals surface area contributed by atoms with E-state index in [0.717, 1.165) is 9.87 Å². The number of carboxylic acids is 1. The predicted octanol–water partition coefficient (Wildman–Crippen LogP) is 3.79. The Morgan fingerprint density at radius 3 is 2.50 bits per heavy atom. The Balaban J connectivity index is 2.17. The summed E-state index contributed by atoms with van der Waals surface area (Å²) < 4.78 is 42.7. The van der Waals surface area contributed by atoms with Crippen molar-refractivity contribution in [3.63, 3.8) is 0 Å². The van der Waals surface area contributed by atoms with Gasteiger partial charge in [0.15, 0.2) is 0 Å². The number of carboxylic acid groups (broad SMARTS) is 1. The number of sulfonamides is 1. The Morgan fingerprint density at radius 2 is 1.87 bits per heavy atom. The predicted molar refractivity (Wildman–Crippen MR) is 114 cm³/mol. The highest BCUT2D eigenvalue weighted by molar-refractivity contribution is 7.89. The fraction of sp³-hybridized carbons (Fsp3) is 0.381. The molecule has 2 aromatic rings. The first-order chi connectivity index (χ1) is 14.0. The SMILES string of the molecule is Cc1ccc(F)c(C(C)[C@@H](C(=O)O)N2CCN(C)c3cc(Cl)ccc3S2(=O)=O)c1C. The Bertz CT molecular complexity index is 1110. The van der Waals surface area contributed by atoms with Crippen LogP contribution in [0.5, 0.6) is 0 Å². The molecule has 3 rings (SSSR count). The molecule has 0 saturated heterocycles. The molecule has 6 nitrogen and oxygen atoms in total. The average Bonchev–Trinajstić information content (AvgIpc) is 2.75. The van der Waals surface area contributed by atoms with Gasteiger partial charge in [-0.2, -0.15) is 4.31 Å². The van der Waals surface area contributed by atoms with Crippen LogP contribution >= 0.6 is 11.6 Å². The maximum atomic E-state index is 14.7. The second-order valence-corrected chi connectivity index (χ2v) is 9.92. The first-order valence-electron chi connectivity index (χ1n) is 9.47. The van der Waals surface area contributed by atoms with Crippen molar-refractivity contribution in [1.29, 1.82) is 0 Å². The van der Waals surface area contributed by atoms with Gasteiger partial charge in [-0.1, -0.05) is 24.6 Å². The van der Waals surface area contributed by atoms with E-state index in [1.807, 2.05) is 0 Å². The minimum absolute atomic E-state index is 0.0215. The molecule has 9 heteroatoms. The maximum absolute atomic E-state index is 14.7. The number of aryl methyl sites for hydroxylation is 1. The van der Waals surface area contributed by atoms with Gasteiger partial charge < -0.3 is 10.0 Å². The lowest BCUT2D eigenvalue weighted by molar-refractivity contribution is -0.142. The van der Waals surface area contributed by atoms with Crippen molar-refractivity contribution in [3.05, 3.63) is 57.9 Å². The van der Waals surface area contributed by atoms with Gasteiger partial charge in [0.2, 0.25) is 10.0 Å². The quantitative estimate of drug-likeness (QED) is 0.760. The molecule has 0 spiro atoms. The number of hydrogen-bond acceptors (Lipinski definition) is 4. The number of halogens is 2. The van der Waals surface area contributed by atoms with Crippen molar-refractivity contribution in [2.75, 3.05) is 25.0 Å². The standard InChI is InChI=1S/C21H24ClFN2O4S/c1-12-5-7-16(23)19(13(12)2)14(3)20(21(26)27)25-10-9-24(4)17-11-15(22)6-8-18(17)30(25,28)29/h5-8,11,14,20H,9-10H2,1-4H3,(H,26,27)/t14?,20-/m0/s1. The van der Waals surface area contributed by atoms with Crippen molar-refractivity contribution in [2.45, 2.75) is 37.6 Å². The van der Waals surface area contributed by atoms with Crippen LogP contribution in [0.4, 0.5) is 10.1 Å². The summed E-state index contributed by atoms with van der Waals surface area (Å²) >= 11 is 6.05. The van der Waals surface area contributed by atoms with Crippen LogP contribution in [0, 0.1) is 19.7 Å². The molecule has 1 N–H and O–H groups in total. The minimum atomic E-state index is -4.17. The van der Waals surface area contributed by atoms with E-state index in [1.165, 1.54) is 18.2 Å². The van der Waals surface area contributed by atoms with Gasteiger partial charge in [-0.25, -0.2) is 12.8 Å². The fourth-order valence-corrected chi connectivity index (χ4v) is 6.05. The Labute approximate surface area is 180 Å². The molecule has 0 aromatic heterocycles. The van der Waals surface area contributed by atoms with E-state index in [1.54, 1.807) is 44.9 Å². The monoisotopic (exact) mass is 454 g/mol. The van der Waals surface area contributed by atoms with Crippen molar-refractivity contribution in [2.24, 2.45) is 0 Å². The van der Waals surface area contributed by atoms with Gasteiger partial charge in [0.1, 0.15) is 16.8 Å². The van der Waals surface area contributed by atoms with Crippen LogP contribution in [0.2, 0.25) is 5.02 Å². The highest BCUT2D eigenvalue weighted by Gasteiger charge is 2.43. The lowest BCUT2D eigenvalue weighted by atomic mass is 9.87. The second kappa shape index (κ2) is 8.17. The summed E-state index contributed by atoms with van der Waals surface area (Å²) in [6, 6.07) is 5.81. The van der Waals surface area contributed by atoms with Crippen molar-refractivity contribution < 1.29 is 22.7 Å². The Kier molecular flexibility index (Phi) is 6.13. The summed E-state index contributed by atoms with van der Waals surface area (Å²) in [5.41, 5.74) is 2.04. The first-order valence-corrected chi connectivity index (χ1v) is 11.3. The molecule has 0 fully saturated rings. The number of likely N-dealkylation sites (N-methyl/N-ethyl adjacent to an activating group) is 1. The molecule has 0 saturated carbocycles. The average molecular weight is 455 g/mol. The number of aliphatic carboxylic acids is 1. The van der Waals surface area contributed by atoms with E-state index >= 15 is 0 Å². The van der Waals surface area contributed by atoms with Crippen LogP contribution < -0.4 is 4.90 Å². The summed E-state index contributed by atoms with van der Waals surface area (Å²) in [7, 11) is -2.45. The number of hydrogen-bond donors (Lipinski definition) is 1. The van der Waals surface area contributed by atoms with Crippen LogP contribution in [0.3, 0.4) is 0 Å². The largest absolute Gasteiger partial charge is 0.480 e. The van der Waals surface area contributed by atoms with Gasteiger partial charge in [-0.05, 0) is 54.8 Å². The molecule has 162 valence electrons. The number of nitrogens with zero attached hydrogens (tertiary/aromatic N) is 2. The highest BCUT2D eigenvalue weighted by Crippen LogP contribution is 2.37. The third-order valence-electron chi connectivity index (χ3n) is 5.80. The van der Waals surface area contributed by atoms with Gasteiger partial charge in [-0.3, -0.25) is 4.79 Å². The van der Waals surface area contributed by atoms with Gasteiger partial charge in [-0.15, -0.1) is 0 Å². The van der Waals surface area contributed by atoms with E-state index in [-0.39, 0.29) is 23.5 Å². The Hall–Kier alpha value is -2.16. The number of benzene rings is 2. The van der Waals surface area contributed by atoms with Crippen molar-refractivity contribution in [1.82, 2.24) is 4.31 Å². The van der Waals surface area contributed by atoms with Gasteiger partial charge in [0.25, 0.3) is 0 Å². The smallest absolute Gasteiger partial charge is 0.322 e. The first kappa shape index (κ1) is 22.5. The minimum Gasteiger partial charge on any atom is -0.480 e. The molecule has 1 heterocycles. The van der Waals surface area contributed by atoms with Gasteiger partial charge in [0, 0.05) is 31.1 Å². The zero-order valence-corrected chi connectivity index (χ0v) is 18.8. The fourth-order valence-electron chi connectivity index (χ4n) is 4.02. The molecule has 1 aliphatic rings. The maximum Gasteiger partial charge on any atom is 0.322 e. The summed E-state index contributed by atoms with van der Waals surface area (Å²) in [5, 5.41) is 10.4. The van der Waals surface area contributed by atoms with Crippen molar-refractivity contribution >= 4 is 33.3 Å². The topological polar surface area (TPSA) is 77.9 Å². The van der Waals surface area contributed by atoms with Crippen LogP contribution in [-0.2, 0) is 14.8 Å². The molecule has 2 aromatic carbocycles. The zero-order valence-electron chi connectivity index (χ0n) is 17.2. The second-order valence-electron chi connectivity index (χ2n) is 7.62. The van der Waals surface area contributed by atoms with Crippen LogP contribution in [-0.4, -0.2) is 50.0 Å². The number of anilines is 1. The highest BCUT2D eigenvalue weighted by atomic mass is 35.5. The van der Waals surface area contributed by atoms with E-state index in [9.17, 15) is 22.7 Å². The molecule has 30 heavy (non-hydrogen) atoms. The van der Waals surface area contributed by atoms with E-state index < -0.39 is 33.8 Å². The normalized spacial score (nSPS) is 18.4. The molecule has 0 radical (unpaired) electrons. The molecule has 0 bridgehead atoms. The summed E-state index contributed by atoms with van der Waals surface area (Å²) in [4.78, 5) is 14.0. The van der Waals surface area contributed by atoms with Gasteiger partial charge in [0.05, 0.1) is 5.69 Å². The molecule has 2 atom stereocenters. The molecule has 0 aliphatic carbocycles. The lowest BCUT2D eigenvalue weighted by Gasteiger charge is -2.32. The summed E-state index contributed by atoms with van der Waals surface area (Å²) in [6.45, 7) is 5.28. The zero-order chi connectivity index (χ0) is 22.4. The lowest BCUT2D eigenvalue weighted by Crippen LogP contribution is -2.49. The molecule has 1 unspecified atom stereocenters. The number of fused-ring (bicyclic) bond motifs is 1. The van der Waals surface area contributed by atoms with E-state index in [4.69, 9.17) is 11.6 Å². The number of rotatable bonds is 4. The molecular formula is C21H24ClFN2O4S. The van der Waals surface area contributed by atoms with Crippen LogP contribution in [0.15, 0.2) is 35.2 Å². The van der Waals surface area contributed by atoms with E-state index in [2.05, 4.69) is 0 Å². The Morgan fingerprint density at radius 1 is 1.20 bits per heavy atom. The molecular weight excluding hydrogens is 431 g/mol. The van der Waals surface area contributed by atoms with Crippen LogP contribution in [0.25, 0.3) is 0 Å². The molecule has 1 aliphatic heterocycles. The number of carbonyl (C=O) groups is 1. The summed E-state index contributed by atoms with van der Waals surface area (Å²) in [6.07, 6.45) is 0. The third-order valence-corrected chi connectivity index (χ3v) is 7.96. The van der Waals surface area contributed by atoms with Crippen molar-refractivity contribution in [3.8, 4) is 0 Å².